The van der Waals surface area contributed by atoms with Crippen molar-refractivity contribution in [1.29, 1.82) is 0 Å². The summed E-state index contributed by atoms with van der Waals surface area (Å²) in [6.07, 6.45) is 0.229. The van der Waals surface area contributed by atoms with Gasteiger partial charge in [-0.2, -0.15) is 0 Å². The second kappa shape index (κ2) is 5.52. The highest BCUT2D eigenvalue weighted by molar-refractivity contribution is 9.10. The van der Waals surface area contributed by atoms with Gasteiger partial charge in [-0.1, -0.05) is 22.0 Å². The lowest BCUT2D eigenvalue weighted by Crippen LogP contribution is -2.52. The van der Waals surface area contributed by atoms with Crippen LogP contribution in [-0.2, 0) is 16.1 Å². The molecule has 1 fully saturated rings. The molecule has 0 unspecified atom stereocenters. The maximum absolute atomic E-state index is 13.9. The molecule has 0 aliphatic carbocycles. The van der Waals surface area contributed by atoms with Crippen LogP contribution in [0.5, 0.6) is 0 Å². The fourth-order valence-electron chi connectivity index (χ4n) is 2.20. The maximum Gasteiger partial charge on any atom is 0.248 e. The molecular weight excluding hydrogens is 327 g/mol. The van der Waals surface area contributed by atoms with Crippen molar-refractivity contribution >= 4 is 27.7 Å². The first-order valence-electron chi connectivity index (χ1n) is 6.34. The van der Waals surface area contributed by atoms with Crippen molar-refractivity contribution in [1.82, 2.24) is 10.2 Å². The summed E-state index contributed by atoms with van der Waals surface area (Å²) in [7, 11) is 0. The number of hydrogen-bond acceptors (Lipinski definition) is 2. The van der Waals surface area contributed by atoms with Gasteiger partial charge in [0.15, 0.2) is 0 Å². The SMILES string of the molecule is CC1(C)NC(=O)CCN(Cc2ccc(Br)cc2F)C1=O. The van der Waals surface area contributed by atoms with E-state index >= 15 is 0 Å². The fraction of sp³-hybridized carbons (Fsp3) is 0.429. The maximum atomic E-state index is 13.9. The van der Waals surface area contributed by atoms with Gasteiger partial charge in [0.25, 0.3) is 0 Å². The molecule has 20 heavy (non-hydrogen) atoms. The zero-order valence-electron chi connectivity index (χ0n) is 11.4. The molecule has 0 aromatic heterocycles. The quantitative estimate of drug-likeness (QED) is 0.895. The summed E-state index contributed by atoms with van der Waals surface area (Å²) >= 11 is 3.20. The Labute approximate surface area is 125 Å². The molecule has 1 heterocycles. The smallest absolute Gasteiger partial charge is 0.248 e. The minimum atomic E-state index is -0.959. The van der Waals surface area contributed by atoms with E-state index in [2.05, 4.69) is 21.2 Å². The standard InChI is InChI=1S/C14H16BrFN2O2/c1-14(2)13(20)18(6-5-12(19)17-14)8-9-3-4-10(15)7-11(9)16/h3-4,7H,5-6,8H2,1-2H3,(H,17,19). The van der Waals surface area contributed by atoms with Gasteiger partial charge in [-0.05, 0) is 26.0 Å². The molecule has 1 saturated heterocycles. The third-order valence-corrected chi connectivity index (χ3v) is 3.75. The fourth-order valence-corrected chi connectivity index (χ4v) is 2.54. The predicted molar refractivity (Wildman–Crippen MR) is 76.4 cm³/mol. The van der Waals surface area contributed by atoms with Gasteiger partial charge in [-0.25, -0.2) is 4.39 Å². The normalized spacial score (nSPS) is 18.7. The molecule has 1 aliphatic heterocycles. The van der Waals surface area contributed by atoms with Crippen LogP contribution in [-0.4, -0.2) is 28.8 Å². The van der Waals surface area contributed by atoms with Gasteiger partial charge in [0, 0.05) is 29.5 Å². The van der Waals surface area contributed by atoms with Crippen molar-refractivity contribution in [2.75, 3.05) is 6.54 Å². The van der Waals surface area contributed by atoms with E-state index < -0.39 is 5.54 Å². The van der Waals surface area contributed by atoms with Crippen LogP contribution in [0.4, 0.5) is 4.39 Å². The average molecular weight is 343 g/mol. The number of rotatable bonds is 2. The first-order chi connectivity index (χ1) is 9.29. The van der Waals surface area contributed by atoms with Gasteiger partial charge in [0.05, 0.1) is 0 Å². The minimum absolute atomic E-state index is 0.163. The van der Waals surface area contributed by atoms with Crippen LogP contribution in [0, 0.1) is 5.82 Å². The topological polar surface area (TPSA) is 49.4 Å². The Bertz CT molecular complexity index is 560. The molecule has 1 aliphatic rings. The second-order valence-electron chi connectivity index (χ2n) is 5.39. The molecule has 108 valence electrons. The first-order valence-corrected chi connectivity index (χ1v) is 7.13. The van der Waals surface area contributed by atoms with Crippen molar-refractivity contribution in [3.63, 3.8) is 0 Å². The summed E-state index contributed by atoms with van der Waals surface area (Å²) in [4.78, 5) is 25.5. The van der Waals surface area contributed by atoms with Crippen LogP contribution in [0.25, 0.3) is 0 Å². The van der Waals surface area contributed by atoms with Crippen LogP contribution >= 0.6 is 15.9 Å². The Kier molecular flexibility index (Phi) is 4.13. The van der Waals surface area contributed by atoms with Gasteiger partial charge in [0.1, 0.15) is 11.4 Å². The molecule has 4 nitrogen and oxygen atoms in total. The van der Waals surface area contributed by atoms with Crippen molar-refractivity contribution < 1.29 is 14.0 Å². The van der Waals surface area contributed by atoms with Gasteiger partial charge < -0.3 is 10.2 Å². The molecule has 0 saturated carbocycles. The lowest BCUT2D eigenvalue weighted by molar-refractivity contribution is -0.137. The van der Waals surface area contributed by atoms with E-state index in [0.717, 1.165) is 0 Å². The van der Waals surface area contributed by atoms with Crippen molar-refractivity contribution in [3.05, 3.63) is 34.1 Å². The molecule has 2 rings (SSSR count). The summed E-state index contributed by atoms with van der Waals surface area (Å²) < 4.78 is 14.5. The van der Waals surface area contributed by atoms with Gasteiger partial charge in [-0.3, -0.25) is 9.59 Å². The van der Waals surface area contributed by atoms with Crippen LogP contribution in [0.15, 0.2) is 22.7 Å². The minimum Gasteiger partial charge on any atom is -0.342 e. The molecule has 1 N–H and O–H groups in total. The molecule has 2 amide bonds. The van der Waals surface area contributed by atoms with E-state index in [9.17, 15) is 14.0 Å². The predicted octanol–water partition coefficient (Wildman–Crippen LogP) is 2.22. The van der Waals surface area contributed by atoms with Crippen molar-refractivity contribution in [2.45, 2.75) is 32.4 Å². The van der Waals surface area contributed by atoms with Crippen LogP contribution in [0.1, 0.15) is 25.8 Å². The van der Waals surface area contributed by atoms with E-state index in [1.807, 2.05) is 0 Å². The molecule has 1 aromatic rings. The number of carbonyl (C=O) groups is 2. The van der Waals surface area contributed by atoms with Crippen LogP contribution in [0.2, 0.25) is 0 Å². The van der Waals surface area contributed by atoms with Crippen molar-refractivity contribution in [2.24, 2.45) is 0 Å². The zero-order valence-corrected chi connectivity index (χ0v) is 13.0. The van der Waals surface area contributed by atoms with Crippen molar-refractivity contribution in [3.8, 4) is 0 Å². The summed E-state index contributed by atoms with van der Waals surface area (Å²) in [6, 6.07) is 4.74. The highest BCUT2D eigenvalue weighted by atomic mass is 79.9. The number of benzene rings is 1. The molecule has 0 atom stereocenters. The molecular formula is C14H16BrFN2O2. The van der Waals surface area contributed by atoms with E-state index in [1.54, 1.807) is 26.0 Å². The second-order valence-corrected chi connectivity index (χ2v) is 6.30. The lowest BCUT2D eigenvalue weighted by Gasteiger charge is -2.29. The summed E-state index contributed by atoms with van der Waals surface area (Å²) in [5.41, 5.74) is -0.522. The lowest BCUT2D eigenvalue weighted by atomic mass is 10.0. The Hall–Kier alpha value is -1.43. The van der Waals surface area contributed by atoms with Crippen LogP contribution in [0.3, 0.4) is 0 Å². The number of nitrogens with zero attached hydrogens (tertiary/aromatic N) is 1. The highest BCUT2D eigenvalue weighted by Gasteiger charge is 2.36. The Balaban J connectivity index is 2.23. The summed E-state index contributed by atoms with van der Waals surface area (Å²) in [6.45, 7) is 3.77. The zero-order chi connectivity index (χ0) is 14.9. The molecule has 0 radical (unpaired) electrons. The molecule has 0 bridgehead atoms. The van der Waals surface area contributed by atoms with E-state index in [-0.39, 0.29) is 30.6 Å². The summed E-state index contributed by atoms with van der Waals surface area (Å²) in [5, 5.41) is 2.68. The third-order valence-electron chi connectivity index (χ3n) is 3.26. The number of amides is 2. The third kappa shape index (κ3) is 3.17. The number of halogens is 2. The number of nitrogens with one attached hydrogen (secondary N) is 1. The van der Waals surface area contributed by atoms with Gasteiger partial charge in [-0.15, -0.1) is 0 Å². The van der Waals surface area contributed by atoms with E-state index in [4.69, 9.17) is 0 Å². The number of carbonyl (C=O) groups excluding carboxylic acids is 2. The van der Waals surface area contributed by atoms with E-state index in [1.165, 1.54) is 11.0 Å². The average Bonchev–Trinajstić information content (AvgIpc) is 2.43. The van der Waals surface area contributed by atoms with Gasteiger partial charge in [0.2, 0.25) is 11.8 Å². The largest absolute Gasteiger partial charge is 0.342 e. The molecule has 0 spiro atoms. The Morgan fingerprint density at radius 1 is 1.40 bits per heavy atom. The van der Waals surface area contributed by atoms with Crippen LogP contribution < -0.4 is 5.32 Å². The molecule has 1 aromatic carbocycles. The number of hydrogen-bond donors (Lipinski definition) is 1. The van der Waals surface area contributed by atoms with E-state index in [0.29, 0.717) is 16.6 Å². The summed E-state index contributed by atoms with van der Waals surface area (Å²) in [5.74, 6) is -0.735. The Morgan fingerprint density at radius 3 is 2.75 bits per heavy atom. The van der Waals surface area contributed by atoms with Gasteiger partial charge >= 0.3 is 0 Å². The highest BCUT2D eigenvalue weighted by Crippen LogP contribution is 2.20. The first kappa shape index (κ1) is 15.0. The Morgan fingerprint density at radius 2 is 2.10 bits per heavy atom. The molecule has 6 heteroatoms. The monoisotopic (exact) mass is 342 g/mol.